The zero-order valence-corrected chi connectivity index (χ0v) is 10.5. The average molecular weight is 234 g/mol. The Hall–Kier alpha value is -1.56. The van der Waals surface area contributed by atoms with E-state index >= 15 is 0 Å². The van der Waals surface area contributed by atoms with E-state index in [-0.39, 0.29) is 0 Å². The molecule has 3 aliphatic rings. The second kappa shape index (κ2) is 3.71. The summed E-state index contributed by atoms with van der Waals surface area (Å²) in [5.74, 6) is 1.74. The molecule has 2 atom stereocenters. The lowest BCUT2D eigenvalue weighted by molar-refractivity contribution is 0.145. The third-order valence-electron chi connectivity index (χ3n) is 5.22. The van der Waals surface area contributed by atoms with Crippen molar-refractivity contribution in [1.82, 2.24) is 0 Å². The van der Waals surface area contributed by atoms with Crippen LogP contribution in [0.4, 0.5) is 0 Å². The fourth-order valence-corrected chi connectivity index (χ4v) is 4.52. The van der Waals surface area contributed by atoms with Gasteiger partial charge in [-0.25, -0.2) is 0 Å². The van der Waals surface area contributed by atoms with Crippen molar-refractivity contribution in [3.05, 3.63) is 71.8 Å². The average Bonchev–Trinajstić information content (AvgIpc) is 3.05. The number of hydrogen-bond donors (Lipinski definition) is 0. The van der Waals surface area contributed by atoms with Gasteiger partial charge < -0.3 is 0 Å². The number of hydrogen-bond acceptors (Lipinski definition) is 0. The first-order chi connectivity index (χ1) is 8.92. The van der Waals surface area contributed by atoms with Crippen molar-refractivity contribution in [1.29, 1.82) is 0 Å². The zero-order chi connectivity index (χ0) is 12.0. The Morgan fingerprint density at radius 2 is 1.11 bits per heavy atom. The fraction of sp³-hybridized carbons (Fsp3) is 0.333. The van der Waals surface area contributed by atoms with Crippen LogP contribution in [0, 0.1) is 11.8 Å². The van der Waals surface area contributed by atoms with E-state index in [9.17, 15) is 0 Å². The summed E-state index contributed by atoms with van der Waals surface area (Å²) in [5, 5.41) is 0. The third kappa shape index (κ3) is 1.16. The molecule has 3 aliphatic carbocycles. The molecule has 0 heteroatoms. The number of rotatable bonds is 2. The van der Waals surface area contributed by atoms with Crippen LogP contribution in [-0.2, 0) is 5.41 Å². The molecule has 0 aliphatic heterocycles. The van der Waals surface area contributed by atoms with Crippen LogP contribution in [0.25, 0.3) is 0 Å². The van der Waals surface area contributed by atoms with Gasteiger partial charge in [-0.3, -0.25) is 0 Å². The molecule has 5 rings (SSSR count). The van der Waals surface area contributed by atoms with E-state index in [2.05, 4.69) is 60.7 Å². The molecule has 0 N–H and O–H groups in total. The van der Waals surface area contributed by atoms with E-state index in [1.165, 1.54) is 30.4 Å². The van der Waals surface area contributed by atoms with Gasteiger partial charge in [-0.2, -0.15) is 0 Å². The lowest BCUT2D eigenvalue weighted by Gasteiger charge is -2.51. The molecule has 0 aromatic heterocycles. The van der Waals surface area contributed by atoms with E-state index in [4.69, 9.17) is 0 Å². The van der Waals surface area contributed by atoms with Crippen molar-refractivity contribution in [2.75, 3.05) is 0 Å². The maximum Gasteiger partial charge on any atom is 0.0259 e. The number of benzene rings is 2. The Morgan fingerprint density at radius 1 is 0.667 bits per heavy atom. The second-order valence-corrected chi connectivity index (χ2v) is 5.81. The summed E-state index contributed by atoms with van der Waals surface area (Å²) in [6.07, 6.45) is 4.26. The van der Waals surface area contributed by atoms with Gasteiger partial charge in [0.2, 0.25) is 0 Å². The van der Waals surface area contributed by atoms with Crippen molar-refractivity contribution in [2.24, 2.45) is 11.8 Å². The topological polar surface area (TPSA) is 0 Å². The molecular weight excluding hydrogens is 216 g/mol. The first-order valence-corrected chi connectivity index (χ1v) is 7.03. The van der Waals surface area contributed by atoms with Crippen LogP contribution in [0.5, 0.6) is 0 Å². The summed E-state index contributed by atoms with van der Waals surface area (Å²) in [7, 11) is 0. The number of fused-ring (bicyclic) bond motifs is 1. The Labute approximate surface area is 109 Å². The van der Waals surface area contributed by atoms with E-state index in [0.717, 1.165) is 11.8 Å². The van der Waals surface area contributed by atoms with Gasteiger partial charge in [0.25, 0.3) is 0 Å². The summed E-state index contributed by atoms with van der Waals surface area (Å²) in [6, 6.07) is 22.3. The minimum absolute atomic E-state index is 0.336. The van der Waals surface area contributed by atoms with E-state index in [1.54, 1.807) is 0 Å². The van der Waals surface area contributed by atoms with Crippen molar-refractivity contribution in [3.8, 4) is 0 Å². The van der Waals surface area contributed by atoms with Gasteiger partial charge >= 0.3 is 0 Å². The molecule has 3 fully saturated rings. The maximum atomic E-state index is 2.33. The van der Waals surface area contributed by atoms with Gasteiger partial charge in [0, 0.05) is 5.41 Å². The first-order valence-electron chi connectivity index (χ1n) is 7.03. The SMILES string of the molecule is c1ccc(C2(c3ccccc3)C3CCC2C3)cc1. The molecule has 2 aromatic rings. The van der Waals surface area contributed by atoms with Crippen molar-refractivity contribution in [2.45, 2.75) is 24.7 Å². The quantitative estimate of drug-likeness (QED) is 0.722. The van der Waals surface area contributed by atoms with Crippen molar-refractivity contribution >= 4 is 0 Å². The molecule has 2 aromatic carbocycles. The molecule has 0 saturated heterocycles. The summed E-state index contributed by atoms with van der Waals surface area (Å²) < 4.78 is 0. The molecule has 3 saturated carbocycles. The van der Waals surface area contributed by atoms with Crippen LogP contribution in [0.1, 0.15) is 30.4 Å². The predicted octanol–water partition coefficient (Wildman–Crippen LogP) is 4.40. The standard InChI is InChI=1S/C18H18/c1-3-7-14(8-4-1)18(15-9-5-2-6-10-15)16-11-12-17(18)13-16/h1-10,16-17H,11-13H2. The molecule has 0 spiro atoms. The maximum absolute atomic E-state index is 2.33. The van der Waals surface area contributed by atoms with Gasteiger partial charge in [0.05, 0.1) is 0 Å². The Kier molecular flexibility index (Phi) is 2.14. The van der Waals surface area contributed by atoms with Crippen molar-refractivity contribution in [3.63, 3.8) is 0 Å². The molecule has 18 heavy (non-hydrogen) atoms. The largest absolute Gasteiger partial charge is 0.0622 e. The Bertz CT molecular complexity index is 485. The lowest BCUT2D eigenvalue weighted by Crippen LogP contribution is -2.47. The van der Waals surface area contributed by atoms with Crippen LogP contribution in [0.2, 0.25) is 0 Å². The summed E-state index contributed by atoms with van der Waals surface area (Å²) in [5.41, 5.74) is 3.41. The van der Waals surface area contributed by atoms with Crippen LogP contribution >= 0.6 is 0 Å². The van der Waals surface area contributed by atoms with E-state index in [0.29, 0.717) is 5.41 Å². The molecule has 0 amide bonds. The van der Waals surface area contributed by atoms with Crippen LogP contribution in [0.15, 0.2) is 60.7 Å². The van der Waals surface area contributed by atoms with Crippen molar-refractivity contribution < 1.29 is 0 Å². The van der Waals surface area contributed by atoms with Gasteiger partial charge in [-0.15, -0.1) is 0 Å². The van der Waals surface area contributed by atoms with Crippen LogP contribution < -0.4 is 0 Å². The molecule has 2 unspecified atom stereocenters. The molecular formula is C18H18. The molecule has 0 nitrogen and oxygen atoms in total. The molecule has 2 bridgehead atoms. The normalized spacial score (nSPS) is 27.8. The third-order valence-corrected chi connectivity index (χ3v) is 5.22. The van der Waals surface area contributed by atoms with Crippen LogP contribution in [-0.4, -0.2) is 0 Å². The van der Waals surface area contributed by atoms with Crippen LogP contribution in [0.3, 0.4) is 0 Å². The lowest BCUT2D eigenvalue weighted by atomic mass is 9.52. The smallest absolute Gasteiger partial charge is 0.0259 e. The molecule has 0 heterocycles. The highest BCUT2D eigenvalue weighted by molar-refractivity contribution is 5.46. The fourth-order valence-electron chi connectivity index (χ4n) is 4.52. The minimum atomic E-state index is 0.336. The zero-order valence-electron chi connectivity index (χ0n) is 10.5. The first kappa shape index (κ1) is 10.4. The summed E-state index contributed by atoms with van der Waals surface area (Å²) >= 11 is 0. The van der Waals surface area contributed by atoms with Gasteiger partial charge in [0.15, 0.2) is 0 Å². The summed E-state index contributed by atoms with van der Waals surface area (Å²) in [4.78, 5) is 0. The van der Waals surface area contributed by atoms with Gasteiger partial charge in [-0.1, -0.05) is 60.7 Å². The van der Waals surface area contributed by atoms with E-state index in [1.807, 2.05) is 0 Å². The summed E-state index contributed by atoms with van der Waals surface area (Å²) in [6.45, 7) is 0. The predicted molar refractivity (Wildman–Crippen MR) is 74.5 cm³/mol. The highest BCUT2D eigenvalue weighted by Crippen LogP contribution is 2.66. The monoisotopic (exact) mass is 234 g/mol. The minimum Gasteiger partial charge on any atom is -0.0622 e. The van der Waals surface area contributed by atoms with E-state index < -0.39 is 0 Å². The highest BCUT2D eigenvalue weighted by atomic mass is 14.6. The molecule has 0 radical (unpaired) electrons. The second-order valence-electron chi connectivity index (χ2n) is 5.81. The van der Waals surface area contributed by atoms with Gasteiger partial charge in [-0.05, 0) is 42.2 Å². The van der Waals surface area contributed by atoms with Gasteiger partial charge in [0.1, 0.15) is 0 Å². The Balaban J connectivity index is 1.91. The highest BCUT2D eigenvalue weighted by Gasteiger charge is 2.60. The Morgan fingerprint density at radius 3 is 1.50 bits per heavy atom. The molecule has 90 valence electrons.